The Balaban J connectivity index is 2.44. The Morgan fingerprint density at radius 1 is 1.33 bits per heavy atom. The van der Waals surface area contributed by atoms with Crippen LogP contribution in [0.4, 0.5) is 0 Å². The molecule has 86 valence electrons. The van der Waals surface area contributed by atoms with Crippen molar-refractivity contribution < 1.29 is 14.7 Å². The predicted molar refractivity (Wildman–Crippen MR) is 56.3 cm³/mol. The fraction of sp³-hybridized carbons (Fsp3) is 0.818. The van der Waals surface area contributed by atoms with Gasteiger partial charge in [0.2, 0.25) is 5.91 Å². The SMILES string of the molecule is CC(C(=O)O)C(C)C(=O)NC1CC1(C)C. The molecule has 0 aromatic carbocycles. The molecule has 1 fully saturated rings. The van der Waals surface area contributed by atoms with E-state index in [2.05, 4.69) is 19.2 Å². The standard InChI is InChI=1S/C11H19NO3/c1-6(7(2)10(14)15)9(13)12-8-5-11(8,3)4/h6-8H,5H2,1-4H3,(H,12,13)(H,14,15). The summed E-state index contributed by atoms with van der Waals surface area (Å²) in [5.41, 5.74) is 0.182. The molecular weight excluding hydrogens is 194 g/mol. The van der Waals surface area contributed by atoms with Crippen LogP contribution in [0.5, 0.6) is 0 Å². The molecule has 1 aliphatic carbocycles. The molecule has 0 spiro atoms. The molecule has 3 unspecified atom stereocenters. The zero-order chi connectivity index (χ0) is 11.8. The second-order valence-corrected chi connectivity index (χ2v) is 5.17. The lowest BCUT2D eigenvalue weighted by Gasteiger charge is -2.16. The van der Waals surface area contributed by atoms with Crippen LogP contribution < -0.4 is 5.32 Å². The maximum Gasteiger partial charge on any atom is 0.307 e. The maximum atomic E-state index is 11.7. The Hall–Kier alpha value is -1.06. The third kappa shape index (κ3) is 2.70. The van der Waals surface area contributed by atoms with Crippen molar-refractivity contribution in [1.29, 1.82) is 0 Å². The van der Waals surface area contributed by atoms with E-state index < -0.39 is 17.8 Å². The van der Waals surface area contributed by atoms with Crippen molar-refractivity contribution in [3.05, 3.63) is 0 Å². The molecule has 0 bridgehead atoms. The van der Waals surface area contributed by atoms with Crippen molar-refractivity contribution >= 4 is 11.9 Å². The molecule has 3 atom stereocenters. The molecule has 0 aromatic heterocycles. The maximum absolute atomic E-state index is 11.7. The highest BCUT2D eigenvalue weighted by Gasteiger charge is 2.47. The number of aliphatic carboxylic acids is 1. The highest BCUT2D eigenvalue weighted by atomic mass is 16.4. The van der Waals surface area contributed by atoms with Gasteiger partial charge in [-0.1, -0.05) is 27.7 Å². The molecule has 1 rings (SSSR count). The van der Waals surface area contributed by atoms with Crippen molar-refractivity contribution in [3.63, 3.8) is 0 Å². The van der Waals surface area contributed by atoms with Gasteiger partial charge in [0, 0.05) is 12.0 Å². The molecule has 0 saturated heterocycles. The van der Waals surface area contributed by atoms with E-state index in [1.54, 1.807) is 13.8 Å². The lowest BCUT2D eigenvalue weighted by Crippen LogP contribution is -2.37. The summed E-state index contributed by atoms with van der Waals surface area (Å²) in [6, 6.07) is 0.216. The van der Waals surface area contributed by atoms with Crippen LogP contribution in [0.3, 0.4) is 0 Å². The minimum absolute atomic E-state index is 0.152. The third-order valence-electron chi connectivity index (χ3n) is 3.38. The van der Waals surface area contributed by atoms with Crippen LogP contribution >= 0.6 is 0 Å². The summed E-state index contributed by atoms with van der Waals surface area (Å²) >= 11 is 0. The van der Waals surface area contributed by atoms with Crippen LogP contribution in [0.15, 0.2) is 0 Å². The largest absolute Gasteiger partial charge is 0.481 e. The number of nitrogens with one attached hydrogen (secondary N) is 1. The van der Waals surface area contributed by atoms with Crippen molar-refractivity contribution in [2.45, 2.75) is 40.2 Å². The molecule has 1 amide bonds. The van der Waals surface area contributed by atoms with E-state index in [1.165, 1.54) is 0 Å². The lowest BCUT2D eigenvalue weighted by molar-refractivity contribution is -0.146. The van der Waals surface area contributed by atoms with Gasteiger partial charge in [0.15, 0.2) is 0 Å². The molecule has 1 aliphatic rings. The van der Waals surface area contributed by atoms with Gasteiger partial charge < -0.3 is 10.4 Å². The third-order valence-corrected chi connectivity index (χ3v) is 3.38. The summed E-state index contributed by atoms with van der Waals surface area (Å²) < 4.78 is 0. The van der Waals surface area contributed by atoms with Gasteiger partial charge in [-0.05, 0) is 11.8 Å². The van der Waals surface area contributed by atoms with E-state index in [4.69, 9.17) is 5.11 Å². The second kappa shape index (κ2) is 3.83. The number of carbonyl (C=O) groups excluding carboxylic acids is 1. The van der Waals surface area contributed by atoms with Crippen molar-refractivity contribution in [2.75, 3.05) is 0 Å². The van der Waals surface area contributed by atoms with Gasteiger partial charge in [0.25, 0.3) is 0 Å². The quantitative estimate of drug-likeness (QED) is 0.738. The fourth-order valence-electron chi connectivity index (χ4n) is 1.46. The first-order chi connectivity index (χ1) is 6.75. The first-order valence-corrected chi connectivity index (χ1v) is 5.29. The summed E-state index contributed by atoms with van der Waals surface area (Å²) in [7, 11) is 0. The van der Waals surface area contributed by atoms with Gasteiger partial charge in [-0.15, -0.1) is 0 Å². The smallest absolute Gasteiger partial charge is 0.307 e. The molecule has 0 heterocycles. The Kier molecular flexibility index (Phi) is 3.07. The van der Waals surface area contributed by atoms with E-state index in [1.807, 2.05) is 0 Å². The monoisotopic (exact) mass is 213 g/mol. The summed E-state index contributed by atoms with van der Waals surface area (Å²) in [6.45, 7) is 7.39. The molecule has 0 aromatic rings. The Morgan fingerprint density at radius 3 is 2.13 bits per heavy atom. The minimum Gasteiger partial charge on any atom is -0.481 e. The fourth-order valence-corrected chi connectivity index (χ4v) is 1.46. The van der Waals surface area contributed by atoms with E-state index >= 15 is 0 Å². The van der Waals surface area contributed by atoms with Gasteiger partial charge in [0.1, 0.15) is 0 Å². The van der Waals surface area contributed by atoms with E-state index in [-0.39, 0.29) is 17.4 Å². The average Bonchev–Trinajstić information content (AvgIpc) is 2.70. The Morgan fingerprint density at radius 2 is 1.80 bits per heavy atom. The van der Waals surface area contributed by atoms with Crippen LogP contribution in [-0.2, 0) is 9.59 Å². The average molecular weight is 213 g/mol. The summed E-state index contributed by atoms with van der Waals surface area (Å²) in [5, 5.41) is 11.7. The number of amides is 1. The van der Waals surface area contributed by atoms with Crippen molar-refractivity contribution in [1.82, 2.24) is 5.32 Å². The Bertz CT molecular complexity index is 286. The highest BCUT2D eigenvalue weighted by Crippen LogP contribution is 2.44. The first-order valence-electron chi connectivity index (χ1n) is 5.29. The highest BCUT2D eigenvalue weighted by molar-refractivity contribution is 5.84. The van der Waals surface area contributed by atoms with Gasteiger partial charge in [0.05, 0.1) is 5.92 Å². The minimum atomic E-state index is -0.923. The molecule has 0 aliphatic heterocycles. The molecule has 15 heavy (non-hydrogen) atoms. The molecule has 4 heteroatoms. The molecule has 2 N–H and O–H groups in total. The van der Waals surface area contributed by atoms with Crippen LogP contribution in [0.2, 0.25) is 0 Å². The zero-order valence-electron chi connectivity index (χ0n) is 9.70. The van der Waals surface area contributed by atoms with E-state index in [0.29, 0.717) is 0 Å². The molecule has 0 radical (unpaired) electrons. The number of hydrogen-bond donors (Lipinski definition) is 2. The van der Waals surface area contributed by atoms with Gasteiger partial charge in [-0.2, -0.15) is 0 Å². The summed E-state index contributed by atoms with van der Waals surface area (Å²) in [4.78, 5) is 22.3. The number of carboxylic acids is 1. The van der Waals surface area contributed by atoms with E-state index in [0.717, 1.165) is 6.42 Å². The van der Waals surface area contributed by atoms with Crippen LogP contribution in [0.25, 0.3) is 0 Å². The molecular formula is C11H19NO3. The number of carboxylic acid groups (broad SMARTS) is 1. The molecule has 1 saturated carbocycles. The number of rotatable bonds is 4. The van der Waals surface area contributed by atoms with Gasteiger partial charge in [-0.3, -0.25) is 9.59 Å². The van der Waals surface area contributed by atoms with E-state index in [9.17, 15) is 9.59 Å². The summed E-state index contributed by atoms with van der Waals surface area (Å²) in [5.74, 6) is -2.18. The first kappa shape index (κ1) is 12.0. The molecule has 4 nitrogen and oxygen atoms in total. The van der Waals surface area contributed by atoms with Crippen LogP contribution in [0.1, 0.15) is 34.1 Å². The topological polar surface area (TPSA) is 66.4 Å². The van der Waals surface area contributed by atoms with Gasteiger partial charge in [-0.25, -0.2) is 0 Å². The van der Waals surface area contributed by atoms with Crippen molar-refractivity contribution in [3.8, 4) is 0 Å². The lowest BCUT2D eigenvalue weighted by atomic mass is 9.95. The zero-order valence-corrected chi connectivity index (χ0v) is 9.70. The normalized spacial score (nSPS) is 26.5. The summed E-state index contributed by atoms with van der Waals surface area (Å²) in [6.07, 6.45) is 0.979. The van der Waals surface area contributed by atoms with Crippen LogP contribution in [0, 0.1) is 17.3 Å². The van der Waals surface area contributed by atoms with Crippen LogP contribution in [-0.4, -0.2) is 23.0 Å². The van der Waals surface area contributed by atoms with Crippen molar-refractivity contribution in [2.24, 2.45) is 17.3 Å². The second-order valence-electron chi connectivity index (χ2n) is 5.17. The predicted octanol–water partition coefficient (Wildman–Crippen LogP) is 1.26. The number of carbonyl (C=O) groups is 2. The number of hydrogen-bond acceptors (Lipinski definition) is 2. The van der Waals surface area contributed by atoms with Gasteiger partial charge >= 0.3 is 5.97 Å². The Labute approximate surface area is 90.0 Å².